The Hall–Kier alpha value is -3.33. The summed E-state index contributed by atoms with van der Waals surface area (Å²) in [5, 5.41) is 12.5. The van der Waals surface area contributed by atoms with E-state index in [1.165, 1.54) is 6.92 Å². The summed E-state index contributed by atoms with van der Waals surface area (Å²) in [6.45, 7) is 5.31. The number of carbonyl (C=O) groups excluding carboxylic acids is 2. The van der Waals surface area contributed by atoms with E-state index in [2.05, 4.69) is 11.4 Å². The molecule has 29 heavy (non-hydrogen) atoms. The summed E-state index contributed by atoms with van der Waals surface area (Å²) in [4.78, 5) is 26.5. The number of anilines is 1. The van der Waals surface area contributed by atoms with E-state index in [1.807, 2.05) is 24.0 Å². The zero-order valence-electron chi connectivity index (χ0n) is 16.8. The molecule has 0 atom stereocenters. The maximum Gasteiger partial charge on any atom is 0.253 e. The molecule has 150 valence electrons. The third kappa shape index (κ3) is 4.94. The first-order valence-electron chi connectivity index (χ1n) is 9.85. The summed E-state index contributed by atoms with van der Waals surface area (Å²) in [7, 11) is 0. The molecule has 2 aromatic rings. The van der Waals surface area contributed by atoms with Crippen LogP contribution in [0.2, 0.25) is 0 Å². The van der Waals surface area contributed by atoms with Crippen molar-refractivity contribution in [3.63, 3.8) is 0 Å². The number of rotatable bonds is 6. The minimum Gasteiger partial charge on any atom is -0.494 e. The maximum absolute atomic E-state index is 12.7. The third-order valence-corrected chi connectivity index (χ3v) is 5.08. The molecule has 0 aliphatic carbocycles. The molecule has 0 saturated carbocycles. The summed E-state index contributed by atoms with van der Waals surface area (Å²) in [5.74, 6) is 0.732. The molecule has 0 spiro atoms. The Balaban J connectivity index is 1.61. The fraction of sp³-hybridized carbons (Fsp3) is 0.348. The first-order valence-corrected chi connectivity index (χ1v) is 9.85. The van der Waals surface area contributed by atoms with Gasteiger partial charge in [-0.15, -0.1) is 0 Å². The van der Waals surface area contributed by atoms with Crippen LogP contribution in [0.4, 0.5) is 5.69 Å². The number of nitrogens with one attached hydrogen (secondary N) is 1. The number of benzene rings is 2. The van der Waals surface area contributed by atoms with E-state index in [9.17, 15) is 9.59 Å². The van der Waals surface area contributed by atoms with Gasteiger partial charge in [-0.2, -0.15) is 5.26 Å². The second kappa shape index (κ2) is 9.24. The van der Waals surface area contributed by atoms with Gasteiger partial charge in [-0.1, -0.05) is 0 Å². The smallest absolute Gasteiger partial charge is 0.253 e. The van der Waals surface area contributed by atoms with Crippen molar-refractivity contribution >= 4 is 17.4 Å². The number of hydrogen-bond donors (Lipinski definition) is 1. The van der Waals surface area contributed by atoms with E-state index < -0.39 is 0 Å². The highest BCUT2D eigenvalue weighted by Crippen LogP contribution is 2.23. The zero-order chi connectivity index (χ0) is 20.8. The molecule has 0 unspecified atom stereocenters. The van der Waals surface area contributed by atoms with Gasteiger partial charge >= 0.3 is 0 Å². The second-order valence-electron chi connectivity index (χ2n) is 7.10. The van der Waals surface area contributed by atoms with Crippen LogP contribution in [-0.4, -0.2) is 42.3 Å². The number of ether oxygens (including phenoxy) is 1. The Morgan fingerprint density at radius 2 is 1.86 bits per heavy atom. The van der Waals surface area contributed by atoms with E-state index in [1.54, 1.807) is 30.3 Å². The van der Waals surface area contributed by atoms with Gasteiger partial charge in [-0.05, 0) is 69.2 Å². The van der Waals surface area contributed by atoms with Crippen molar-refractivity contribution < 1.29 is 14.3 Å². The van der Waals surface area contributed by atoms with Gasteiger partial charge in [0.1, 0.15) is 5.75 Å². The van der Waals surface area contributed by atoms with Crippen molar-refractivity contribution in [2.24, 2.45) is 0 Å². The molecule has 1 fully saturated rings. The molecule has 0 aromatic heterocycles. The van der Waals surface area contributed by atoms with Crippen molar-refractivity contribution in [2.75, 3.05) is 25.0 Å². The van der Waals surface area contributed by atoms with Crippen LogP contribution in [0, 0.1) is 11.3 Å². The Bertz CT molecular complexity index is 923. The van der Waals surface area contributed by atoms with E-state index in [-0.39, 0.29) is 17.7 Å². The fourth-order valence-corrected chi connectivity index (χ4v) is 3.53. The second-order valence-corrected chi connectivity index (χ2v) is 7.10. The van der Waals surface area contributed by atoms with Gasteiger partial charge in [0.2, 0.25) is 0 Å². The highest BCUT2D eigenvalue weighted by Gasteiger charge is 2.24. The lowest BCUT2D eigenvalue weighted by molar-refractivity contribution is 0.0718. The van der Waals surface area contributed by atoms with Crippen LogP contribution in [-0.2, 0) is 0 Å². The van der Waals surface area contributed by atoms with Crippen LogP contribution >= 0.6 is 0 Å². The Labute approximate surface area is 171 Å². The third-order valence-electron chi connectivity index (χ3n) is 5.08. The predicted octanol–water partition coefficient (Wildman–Crippen LogP) is 3.88. The average Bonchev–Trinajstić information content (AvgIpc) is 2.74. The van der Waals surface area contributed by atoms with E-state index in [4.69, 9.17) is 10.00 Å². The van der Waals surface area contributed by atoms with Crippen LogP contribution in [0.1, 0.15) is 53.0 Å². The van der Waals surface area contributed by atoms with Crippen LogP contribution in [0.3, 0.4) is 0 Å². The summed E-state index contributed by atoms with van der Waals surface area (Å²) in [6.07, 6.45) is 1.55. The van der Waals surface area contributed by atoms with Gasteiger partial charge in [0, 0.05) is 35.9 Å². The van der Waals surface area contributed by atoms with Crippen LogP contribution in [0.15, 0.2) is 42.5 Å². The largest absolute Gasteiger partial charge is 0.494 e. The number of nitriles is 1. The zero-order valence-corrected chi connectivity index (χ0v) is 16.8. The Morgan fingerprint density at radius 1 is 1.17 bits per heavy atom. The van der Waals surface area contributed by atoms with Crippen LogP contribution < -0.4 is 10.1 Å². The summed E-state index contributed by atoms with van der Waals surface area (Å²) < 4.78 is 5.42. The number of carbonyl (C=O) groups is 2. The number of hydrogen-bond acceptors (Lipinski definition) is 5. The monoisotopic (exact) mass is 391 g/mol. The van der Waals surface area contributed by atoms with Gasteiger partial charge in [0.15, 0.2) is 5.78 Å². The molecule has 3 rings (SSSR count). The van der Waals surface area contributed by atoms with Crippen LogP contribution in [0.25, 0.3) is 0 Å². The summed E-state index contributed by atoms with van der Waals surface area (Å²) >= 11 is 0. The Morgan fingerprint density at radius 3 is 2.45 bits per heavy atom. The number of piperidine rings is 1. The van der Waals surface area contributed by atoms with Crippen molar-refractivity contribution in [1.29, 1.82) is 5.26 Å². The van der Waals surface area contributed by atoms with E-state index in [0.29, 0.717) is 42.1 Å². The summed E-state index contributed by atoms with van der Waals surface area (Å²) in [5.41, 5.74) is 2.44. The molecule has 6 heteroatoms. The van der Waals surface area contributed by atoms with Gasteiger partial charge < -0.3 is 15.0 Å². The fourth-order valence-electron chi connectivity index (χ4n) is 3.53. The van der Waals surface area contributed by atoms with Crippen molar-refractivity contribution in [1.82, 2.24) is 4.90 Å². The standard InChI is InChI=1S/C23H25N3O3/c1-3-29-20-7-5-18(6-8-20)23(28)26-12-10-19(11-13-26)25-22-14-17(15-24)4-9-21(22)16(2)27/h4-9,14,19,25H,3,10-13H2,1-2H3. The van der Waals surface area contributed by atoms with Crippen molar-refractivity contribution in [3.8, 4) is 11.8 Å². The van der Waals surface area contributed by atoms with E-state index >= 15 is 0 Å². The lowest BCUT2D eigenvalue weighted by atomic mass is 10.0. The number of nitrogens with zero attached hydrogens (tertiary/aromatic N) is 2. The molecular weight excluding hydrogens is 366 g/mol. The molecule has 0 radical (unpaired) electrons. The van der Waals surface area contributed by atoms with Gasteiger partial charge in [-0.3, -0.25) is 9.59 Å². The minimum atomic E-state index is -0.0416. The highest BCUT2D eigenvalue weighted by atomic mass is 16.5. The van der Waals surface area contributed by atoms with Gasteiger partial charge in [0.05, 0.1) is 18.2 Å². The minimum absolute atomic E-state index is 0.0161. The molecule has 1 N–H and O–H groups in total. The Kier molecular flexibility index (Phi) is 6.50. The van der Waals surface area contributed by atoms with Crippen LogP contribution in [0.5, 0.6) is 5.75 Å². The number of likely N-dealkylation sites (tertiary alicyclic amines) is 1. The number of Topliss-reactive ketones (excluding diaryl/α,β-unsaturated/α-hetero) is 1. The molecule has 1 amide bonds. The summed E-state index contributed by atoms with van der Waals surface area (Å²) in [6, 6.07) is 14.5. The quantitative estimate of drug-likeness (QED) is 0.756. The number of ketones is 1. The van der Waals surface area contributed by atoms with Gasteiger partial charge in [0.25, 0.3) is 5.91 Å². The normalized spacial score (nSPS) is 14.2. The molecule has 1 saturated heterocycles. The molecular formula is C23H25N3O3. The topological polar surface area (TPSA) is 82.4 Å². The average molecular weight is 391 g/mol. The molecule has 1 aliphatic heterocycles. The van der Waals surface area contributed by atoms with Gasteiger partial charge in [-0.25, -0.2) is 0 Å². The predicted molar refractivity (Wildman–Crippen MR) is 111 cm³/mol. The number of amides is 1. The highest BCUT2D eigenvalue weighted by molar-refractivity contribution is 5.99. The molecule has 6 nitrogen and oxygen atoms in total. The molecule has 1 heterocycles. The first kappa shape index (κ1) is 20.4. The lowest BCUT2D eigenvalue weighted by Crippen LogP contribution is -2.42. The molecule has 2 aromatic carbocycles. The van der Waals surface area contributed by atoms with E-state index in [0.717, 1.165) is 18.6 Å². The lowest BCUT2D eigenvalue weighted by Gasteiger charge is -2.33. The maximum atomic E-state index is 12.7. The van der Waals surface area contributed by atoms with Crippen molar-refractivity contribution in [3.05, 3.63) is 59.2 Å². The first-order chi connectivity index (χ1) is 14.0. The molecule has 1 aliphatic rings. The van der Waals surface area contributed by atoms with Crippen molar-refractivity contribution in [2.45, 2.75) is 32.7 Å². The SMILES string of the molecule is CCOc1ccc(C(=O)N2CCC(Nc3cc(C#N)ccc3C(C)=O)CC2)cc1. The molecule has 0 bridgehead atoms.